The minimum Gasteiger partial charge on any atom is -0.481 e. The molecule has 0 aromatic rings. The molecule has 1 amide bonds. The van der Waals surface area contributed by atoms with Crippen molar-refractivity contribution in [1.29, 1.82) is 0 Å². The molecule has 18 heavy (non-hydrogen) atoms. The Bertz CT molecular complexity index is 317. The van der Waals surface area contributed by atoms with E-state index in [-0.39, 0.29) is 11.9 Å². The van der Waals surface area contributed by atoms with Crippen LogP contribution in [0, 0.1) is 5.41 Å². The summed E-state index contributed by atoms with van der Waals surface area (Å²) in [5.74, 6) is -0.881. The third-order valence-electron chi connectivity index (χ3n) is 3.69. The molecule has 0 heterocycles. The normalized spacial score (nSPS) is 27.4. The molecular formula is C13H24N2O3. The summed E-state index contributed by atoms with van der Waals surface area (Å²) in [6, 6.07) is 0.120. The molecule has 0 aromatic heterocycles. The van der Waals surface area contributed by atoms with Gasteiger partial charge in [0, 0.05) is 25.0 Å². The summed E-state index contributed by atoms with van der Waals surface area (Å²) in [6.07, 6.45) is 2.64. The van der Waals surface area contributed by atoms with Crippen LogP contribution >= 0.6 is 0 Å². The molecule has 1 aliphatic rings. The molecule has 3 N–H and O–H groups in total. The molecular weight excluding hydrogens is 232 g/mol. The van der Waals surface area contributed by atoms with Crippen LogP contribution in [0.5, 0.6) is 0 Å². The zero-order valence-electron chi connectivity index (χ0n) is 11.5. The first-order chi connectivity index (χ1) is 8.36. The highest BCUT2D eigenvalue weighted by molar-refractivity contribution is 5.80. The fourth-order valence-electron chi connectivity index (χ4n) is 2.39. The van der Waals surface area contributed by atoms with Gasteiger partial charge in [-0.1, -0.05) is 20.3 Å². The van der Waals surface area contributed by atoms with Gasteiger partial charge in [0.25, 0.3) is 0 Å². The Morgan fingerprint density at radius 2 is 2.11 bits per heavy atom. The Morgan fingerprint density at radius 3 is 2.67 bits per heavy atom. The zero-order chi connectivity index (χ0) is 13.8. The second-order valence-electron chi connectivity index (χ2n) is 5.59. The van der Waals surface area contributed by atoms with E-state index in [1.807, 2.05) is 13.8 Å². The smallest absolute Gasteiger partial charge is 0.311 e. The van der Waals surface area contributed by atoms with Gasteiger partial charge in [-0.15, -0.1) is 0 Å². The molecule has 2 atom stereocenters. The van der Waals surface area contributed by atoms with Crippen molar-refractivity contribution in [2.75, 3.05) is 6.54 Å². The first-order valence-electron chi connectivity index (χ1n) is 6.62. The van der Waals surface area contributed by atoms with Crippen molar-refractivity contribution >= 4 is 11.9 Å². The van der Waals surface area contributed by atoms with Crippen LogP contribution in [0.2, 0.25) is 0 Å². The highest BCUT2D eigenvalue weighted by Gasteiger charge is 2.45. The van der Waals surface area contributed by atoms with E-state index in [0.717, 1.165) is 12.8 Å². The van der Waals surface area contributed by atoms with Crippen LogP contribution in [0.15, 0.2) is 0 Å². The van der Waals surface area contributed by atoms with Crippen LogP contribution in [-0.2, 0) is 9.59 Å². The van der Waals surface area contributed by atoms with E-state index in [1.54, 1.807) is 6.92 Å². The van der Waals surface area contributed by atoms with Crippen LogP contribution in [-0.4, -0.2) is 35.6 Å². The molecule has 1 rings (SSSR count). The molecule has 1 saturated carbocycles. The lowest BCUT2D eigenvalue weighted by Crippen LogP contribution is -2.47. The molecule has 0 bridgehead atoms. The van der Waals surface area contributed by atoms with Crippen LogP contribution in [0.4, 0.5) is 0 Å². The van der Waals surface area contributed by atoms with E-state index in [9.17, 15) is 14.7 Å². The second kappa shape index (κ2) is 6.18. The summed E-state index contributed by atoms with van der Waals surface area (Å²) < 4.78 is 0. The van der Waals surface area contributed by atoms with Gasteiger partial charge in [-0.3, -0.25) is 9.59 Å². The third kappa shape index (κ3) is 3.70. The Kier molecular flexibility index (Phi) is 5.14. The van der Waals surface area contributed by atoms with Crippen molar-refractivity contribution in [3.8, 4) is 0 Å². The van der Waals surface area contributed by atoms with E-state index in [0.29, 0.717) is 25.4 Å². The predicted molar refractivity (Wildman–Crippen MR) is 69.3 cm³/mol. The summed E-state index contributed by atoms with van der Waals surface area (Å²) in [7, 11) is 0. The maximum Gasteiger partial charge on any atom is 0.311 e. The SMILES string of the molecule is CC(C)NCCC(=O)NC1CCCC1(C)C(=O)O. The summed E-state index contributed by atoms with van der Waals surface area (Å²) in [6.45, 7) is 6.40. The molecule has 0 aliphatic heterocycles. The lowest BCUT2D eigenvalue weighted by molar-refractivity contribution is -0.149. The van der Waals surface area contributed by atoms with E-state index < -0.39 is 11.4 Å². The minimum atomic E-state index is -0.814. The fraction of sp³-hybridized carbons (Fsp3) is 0.846. The lowest BCUT2D eigenvalue weighted by atomic mass is 9.85. The van der Waals surface area contributed by atoms with Crippen molar-refractivity contribution in [3.63, 3.8) is 0 Å². The van der Waals surface area contributed by atoms with Crippen molar-refractivity contribution < 1.29 is 14.7 Å². The number of carboxylic acid groups (broad SMARTS) is 1. The first kappa shape index (κ1) is 15.0. The van der Waals surface area contributed by atoms with Gasteiger partial charge >= 0.3 is 5.97 Å². The van der Waals surface area contributed by atoms with E-state index in [2.05, 4.69) is 10.6 Å². The van der Waals surface area contributed by atoms with E-state index in [1.165, 1.54) is 0 Å². The van der Waals surface area contributed by atoms with Crippen molar-refractivity contribution in [1.82, 2.24) is 10.6 Å². The largest absolute Gasteiger partial charge is 0.481 e. The molecule has 2 unspecified atom stereocenters. The Labute approximate surface area is 108 Å². The monoisotopic (exact) mass is 256 g/mol. The number of carbonyl (C=O) groups excluding carboxylic acids is 1. The molecule has 104 valence electrons. The predicted octanol–water partition coefficient (Wildman–Crippen LogP) is 1.13. The number of rotatable bonds is 6. The average molecular weight is 256 g/mol. The number of carboxylic acids is 1. The Balaban J connectivity index is 2.42. The Hall–Kier alpha value is -1.10. The highest BCUT2D eigenvalue weighted by Crippen LogP contribution is 2.38. The number of nitrogens with one attached hydrogen (secondary N) is 2. The molecule has 1 aliphatic carbocycles. The average Bonchev–Trinajstić information content (AvgIpc) is 2.61. The van der Waals surface area contributed by atoms with Gasteiger partial charge in [-0.05, 0) is 19.8 Å². The van der Waals surface area contributed by atoms with Gasteiger partial charge in [0.2, 0.25) is 5.91 Å². The van der Waals surface area contributed by atoms with Gasteiger partial charge in [0.05, 0.1) is 5.41 Å². The summed E-state index contributed by atoms with van der Waals surface area (Å²) >= 11 is 0. The molecule has 5 nitrogen and oxygen atoms in total. The fourth-order valence-corrected chi connectivity index (χ4v) is 2.39. The van der Waals surface area contributed by atoms with Gasteiger partial charge in [-0.25, -0.2) is 0 Å². The van der Waals surface area contributed by atoms with Gasteiger partial charge in [0.1, 0.15) is 0 Å². The number of amides is 1. The quantitative estimate of drug-likeness (QED) is 0.666. The molecule has 1 fully saturated rings. The van der Waals surface area contributed by atoms with E-state index in [4.69, 9.17) is 0 Å². The van der Waals surface area contributed by atoms with Crippen molar-refractivity contribution in [2.24, 2.45) is 5.41 Å². The number of aliphatic carboxylic acids is 1. The molecule has 0 radical (unpaired) electrons. The molecule has 5 heteroatoms. The van der Waals surface area contributed by atoms with E-state index >= 15 is 0 Å². The summed E-state index contributed by atoms with van der Waals surface area (Å²) in [5.41, 5.74) is -0.804. The van der Waals surface area contributed by atoms with Gasteiger partial charge < -0.3 is 15.7 Å². The summed E-state index contributed by atoms with van der Waals surface area (Å²) in [4.78, 5) is 23.0. The molecule has 0 saturated heterocycles. The van der Waals surface area contributed by atoms with Gasteiger partial charge in [0.15, 0.2) is 0 Å². The zero-order valence-corrected chi connectivity index (χ0v) is 11.5. The van der Waals surface area contributed by atoms with Crippen LogP contribution in [0.3, 0.4) is 0 Å². The van der Waals surface area contributed by atoms with Crippen LogP contribution in [0.25, 0.3) is 0 Å². The second-order valence-corrected chi connectivity index (χ2v) is 5.59. The van der Waals surface area contributed by atoms with Crippen molar-refractivity contribution in [3.05, 3.63) is 0 Å². The first-order valence-corrected chi connectivity index (χ1v) is 6.62. The standard InChI is InChI=1S/C13H24N2O3/c1-9(2)14-8-6-11(16)15-10-5-4-7-13(10,3)12(17)18/h9-10,14H,4-8H2,1-3H3,(H,15,16)(H,17,18). The van der Waals surface area contributed by atoms with Crippen molar-refractivity contribution in [2.45, 2.75) is 58.5 Å². The van der Waals surface area contributed by atoms with Crippen LogP contribution in [0.1, 0.15) is 46.5 Å². The number of carbonyl (C=O) groups is 2. The summed E-state index contributed by atoms with van der Waals surface area (Å²) in [5, 5.41) is 15.3. The topological polar surface area (TPSA) is 78.4 Å². The maximum absolute atomic E-state index is 11.7. The van der Waals surface area contributed by atoms with Gasteiger partial charge in [-0.2, -0.15) is 0 Å². The number of hydrogen-bond acceptors (Lipinski definition) is 3. The molecule has 0 spiro atoms. The van der Waals surface area contributed by atoms with Crippen LogP contribution < -0.4 is 10.6 Å². The highest BCUT2D eigenvalue weighted by atomic mass is 16.4. The molecule has 0 aromatic carbocycles. The Morgan fingerprint density at radius 1 is 1.44 bits per heavy atom. The maximum atomic E-state index is 11.7. The minimum absolute atomic E-state index is 0.0671. The number of hydrogen-bond donors (Lipinski definition) is 3. The third-order valence-corrected chi connectivity index (χ3v) is 3.69. The lowest BCUT2D eigenvalue weighted by Gasteiger charge is -2.27.